The predicted octanol–water partition coefficient (Wildman–Crippen LogP) is 3.30. The number of rotatable bonds is 1. The van der Waals surface area contributed by atoms with Gasteiger partial charge in [0.05, 0.1) is 0 Å². The van der Waals surface area contributed by atoms with Crippen LogP contribution in [-0.2, 0) is 0 Å². The molecule has 0 radical (unpaired) electrons. The Morgan fingerprint density at radius 3 is 2.71 bits per heavy atom. The van der Waals surface area contributed by atoms with Crippen LogP contribution in [0.1, 0.15) is 39.0 Å². The van der Waals surface area contributed by atoms with E-state index in [9.17, 15) is 0 Å². The quantitative estimate of drug-likeness (QED) is 0.629. The Kier molecular flexibility index (Phi) is 2.49. The van der Waals surface area contributed by atoms with Crippen LogP contribution < -0.4 is 5.73 Å². The third kappa shape index (κ3) is 1.63. The number of nitrogens with two attached hydrogens (primary N) is 1. The molecule has 0 spiro atoms. The maximum Gasteiger partial charge on any atom is 0.0122 e. The van der Waals surface area contributed by atoms with Gasteiger partial charge in [-0.15, -0.1) is 0 Å². The van der Waals surface area contributed by atoms with Crippen LogP contribution >= 0.6 is 0 Å². The van der Waals surface area contributed by atoms with Crippen molar-refractivity contribution in [3.8, 4) is 0 Å². The van der Waals surface area contributed by atoms with Gasteiger partial charge in [-0.3, -0.25) is 0 Å². The summed E-state index contributed by atoms with van der Waals surface area (Å²) in [7, 11) is 0. The van der Waals surface area contributed by atoms with Crippen molar-refractivity contribution in [2.45, 2.75) is 39.0 Å². The highest BCUT2D eigenvalue weighted by atomic mass is 14.6. The molecule has 76 valence electrons. The third-order valence-corrected chi connectivity index (χ3v) is 3.46. The van der Waals surface area contributed by atoms with Crippen molar-refractivity contribution >= 4 is 0 Å². The minimum atomic E-state index is 0.301. The van der Waals surface area contributed by atoms with E-state index in [1.54, 1.807) is 0 Å². The van der Waals surface area contributed by atoms with Gasteiger partial charge in [0.1, 0.15) is 0 Å². The molecule has 0 aromatic heterocycles. The first-order valence-electron chi connectivity index (χ1n) is 5.53. The van der Waals surface area contributed by atoms with E-state index in [0.29, 0.717) is 5.41 Å². The fourth-order valence-corrected chi connectivity index (χ4v) is 2.48. The Labute approximate surface area is 86.4 Å². The molecule has 14 heavy (non-hydrogen) atoms. The molecule has 1 nitrogen and oxygen atoms in total. The summed E-state index contributed by atoms with van der Waals surface area (Å²) in [5, 5.41) is 0. The number of hydrogen-bond donors (Lipinski definition) is 1. The van der Waals surface area contributed by atoms with Crippen LogP contribution in [-0.4, -0.2) is 0 Å². The maximum absolute atomic E-state index is 6.10. The molecule has 2 aliphatic carbocycles. The zero-order chi connectivity index (χ0) is 10.0. The standard InChI is InChI=1S/C13H19N/c1-13(9-5-2-6-10-13)11-7-3-4-8-12(11)14/h2-3,5,7H,4,6,8-10,14H2,1H3. The molecule has 0 amide bonds. The number of hydrogen-bond acceptors (Lipinski definition) is 1. The highest BCUT2D eigenvalue weighted by Gasteiger charge is 2.29. The average molecular weight is 189 g/mol. The summed E-state index contributed by atoms with van der Waals surface area (Å²) in [6.45, 7) is 2.34. The van der Waals surface area contributed by atoms with E-state index < -0.39 is 0 Å². The summed E-state index contributed by atoms with van der Waals surface area (Å²) in [5.41, 5.74) is 8.91. The lowest BCUT2D eigenvalue weighted by atomic mass is 9.71. The molecule has 0 saturated heterocycles. The zero-order valence-electron chi connectivity index (χ0n) is 8.92. The van der Waals surface area contributed by atoms with Crippen molar-refractivity contribution in [3.05, 3.63) is 35.6 Å². The van der Waals surface area contributed by atoms with Gasteiger partial charge >= 0.3 is 0 Å². The van der Waals surface area contributed by atoms with Crippen molar-refractivity contribution in [3.63, 3.8) is 0 Å². The lowest BCUT2D eigenvalue weighted by molar-refractivity contribution is 0.362. The molecule has 2 aliphatic rings. The van der Waals surface area contributed by atoms with Gasteiger partial charge in [-0.05, 0) is 43.1 Å². The first kappa shape index (κ1) is 9.57. The highest BCUT2D eigenvalue weighted by molar-refractivity contribution is 5.34. The van der Waals surface area contributed by atoms with E-state index in [-0.39, 0.29) is 0 Å². The van der Waals surface area contributed by atoms with E-state index in [2.05, 4.69) is 31.2 Å². The van der Waals surface area contributed by atoms with Gasteiger partial charge in [-0.1, -0.05) is 31.2 Å². The average Bonchev–Trinajstić information content (AvgIpc) is 2.19. The Morgan fingerprint density at radius 1 is 1.21 bits per heavy atom. The van der Waals surface area contributed by atoms with E-state index >= 15 is 0 Å². The molecule has 0 aromatic carbocycles. The van der Waals surface area contributed by atoms with Crippen LogP contribution in [0.25, 0.3) is 0 Å². The summed E-state index contributed by atoms with van der Waals surface area (Å²) in [6.07, 6.45) is 14.8. The third-order valence-electron chi connectivity index (χ3n) is 3.46. The highest BCUT2D eigenvalue weighted by Crippen LogP contribution is 2.42. The van der Waals surface area contributed by atoms with E-state index in [4.69, 9.17) is 5.73 Å². The van der Waals surface area contributed by atoms with Crippen molar-refractivity contribution in [2.75, 3.05) is 0 Å². The topological polar surface area (TPSA) is 26.0 Å². The second kappa shape index (κ2) is 3.64. The molecule has 2 rings (SSSR count). The second-order valence-corrected chi connectivity index (χ2v) is 4.65. The normalized spacial score (nSPS) is 32.4. The molecule has 0 fully saturated rings. The molecule has 1 heteroatoms. The Morgan fingerprint density at radius 2 is 2.07 bits per heavy atom. The van der Waals surface area contributed by atoms with Gasteiger partial charge in [0.2, 0.25) is 0 Å². The summed E-state index contributed by atoms with van der Waals surface area (Å²) < 4.78 is 0. The molecule has 2 N–H and O–H groups in total. The lowest BCUT2D eigenvalue weighted by Gasteiger charge is -2.34. The monoisotopic (exact) mass is 189 g/mol. The van der Waals surface area contributed by atoms with Gasteiger partial charge < -0.3 is 5.73 Å². The minimum Gasteiger partial charge on any atom is -0.402 e. The molecule has 0 saturated carbocycles. The van der Waals surface area contributed by atoms with Crippen molar-refractivity contribution in [1.29, 1.82) is 0 Å². The first-order chi connectivity index (χ1) is 6.72. The zero-order valence-corrected chi connectivity index (χ0v) is 8.92. The van der Waals surface area contributed by atoms with Gasteiger partial charge in [-0.25, -0.2) is 0 Å². The molecule has 0 aromatic rings. The van der Waals surface area contributed by atoms with E-state index in [0.717, 1.165) is 25.0 Å². The van der Waals surface area contributed by atoms with Gasteiger partial charge in [0.25, 0.3) is 0 Å². The van der Waals surface area contributed by atoms with Crippen LogP contribution in [0.2, 0.25) is 0 Å². The molecular formula is C13H19N. The van der Waals surface area contributed by atoms with Crippen LogP contribution in [0.15, 0.2) is 35.6 Å². The predicted molar refractivity (Wildman–Crippen MR) is 60.7 cm³/mol. The summed E-state index contributed by atoms with van der Waals surface area (Å²) in [6, 6.07) is 0. The SMILES string of the molecule is CC1(C2=C(N)CCC=C2)CC=CCC1. The summed E-state index contributed by atoms with van der Waals surface area (Å²) in [5.74, 6) is 0. The van der Waals surface area contributed by atoms with Crippen LogP contribution in [0.4, 0.5) is 0 Å². The van der Waals surface area contributed by atoms with Crippen molar-refractivity contribution in [2.24, 2.45) is 11.1 Å². The molecule has 0 aliphatic heterocycles. The minimum absolute atomic E-state index is 0.301. The first-order valence-corrected chi connectivity index (χ1v) is 5.53. The Hall–Kier alpha value is -0.980. The lowest BCUT2D eigenvalue weighted by Crippen LogP contribution is -2.24. The fraction of sp³-hybridized carbons (Fsp3) is 0.538. The largest absolute Gasteiger partial charge is 0.402 e. The Bertz CT molecular complexity index is 309. The van der Waals surface area contributed by atoms with Crippen molar-refractivity contribution < 1.29 is 0 Å². The van der Waals surface area contributed by atoms with E-state index in [1.807, 2.05) is 0 Å². The van der Waals surface area contributed by atoms with E-state index in [1.165, 1.54) is 18.4 Å². The van der Waals surface area contributed by atoms with Gasteiger partial charge in [-0.2, -0.15) is 0 Å². The van der Waals surface area contributed by atoms with Crippen molar-refractivity contribution in [1.82, 2.24) is 0 Å². The fourth-order valence-electron chi connectivity index (χ4n) is 2.48. The Balaban J connectivity index is 2.28. The van der Waals surface area contributed by atoms with Crippen LogP contribution in [0.5, 0.6) is 0 Å². The second-order valence-electron chi connectivity index (χ2n) is 4.65. The molecular weight excluding hydrogens is 170 g/mol. The van der Waals surface area contributed by atoms with Crippen LogP contribution in [0.3, 0.4) is 0 Å². The number of allylic oxidation sites excluding steroid dienone is 6. The van der Waals surface area contributed by atoms with Gasteiger partial charge in [0, 0.05) is 5.70 Å². The molecule has 1 atom stereocenters. The summed E-state index contributed by atoms with van der Waals surface area (Å²) in [4.78, 5) is 0. The van der Waals surface area contributed by atoms with Crippen LogP contribution in [0, 0.1) is 5.41 Å². The molecule has 0 heterocycles. The molecule has 1 unspecified atom stereocenters. The van der Waals surface area contributed by atoms with Gasteiger partial charge in [0.15, 0.2) is 0 Å². The molecule has 0 bridgehead atoms. The summed E-state index contributed by atoms with van der Waals surface area (Å²) >= 11 is 0. The smallest absolute Gasteiger partial charge is 0.0122 e. The maximum atomic E-state index is 6.10.